The number of carbonyl (C=O) groups is 1. The van der Waals surface area contributed by atoms with Gasteiger partial charge in [0.2, 0.25) is 0 Å². The van der Waals surface area contributed by atoms with E-state index >= 15 is 0 Å². The van der Waals surface area contributed by atoms with Crippen LogP contribution in [0.4, 0.5) is 4.79 Å². The summed E-state index contributed by atoms with van der Waals surface area (Å²) in [6, 6.07) is 0. The first-order valence-electron chi connectivity index (χ1n) is 12.1. The Kier molecular flexibility index (Phi) is 9.40. The van der Waals surface area contributed by atoms with Gasteiger partial charge in [-0.15, -0.1) is 0 Å². The number of nitrogens with one attached hydrogen (secondary N) is 1. The van der Waals surface area contributed by atoms with Crippen LogP contribution >= 0.6 is 0 Å². The van der Waals surface area contributed by atoms with Crippen LogP contribution in [0, 0.1) is 19.8 Å². The predicted octanol–water partition coefficient (Wildman–Crippen LogP) is 3.51. The molecule has 0 bridgehead atoms. The van der Waals surface area contributed by atoms with Gasteiger partial charge in [-0.05, 0) is 79.2 Å². The van der Waals surface area contributed by atoms with E-state index in [1.54, 1.807) is 0 Å². The van der Waals surface area contributed by atoms with Gasteiger partial charge in [-0.25, -0.2) is 4.79 Å². The lowest BCUT2D eigenvalue weighted by Gasteiger charge is -2.36. The van der Waals surface area contributed by atoms with Gasteiger partial charge in [0.1, 0.15) is 5.60 Å². The monoisotopic (exact) mass is 448 g/mol. The third-order valence-corrected chi connectivity index (χ3v) is 6.04. The van der Waals surface area contributed by atoms with Crippen LogP contribution in [0.5, 0.6) is 0 Å². The molecule has 0 unspecified atom stereocenters. The summed E-state index contributed by atoms with van der Waals surface area (Å²) in [5, 5.41) is 7.96. The van der Waals surface area contributed by atoms with Crippen molar-refractivity contribution < 1.29 is 9.53 Å². The number of nitrogens with zero attached hydrogens (tertiary/aromatic N) is 5. The summed E-state index contributed by atoms with van der Waals surface area (Å²) in [5.74, 6) is 1.48. The van der Waals surface area contributed by atoms with Crippen molar-refractivity contribution >= 4 is 12.1 Å². The number of hydrogen-bond donors (Lipinski definition) is 1. The zero-order valence-electron chi connectivity index (χ0n) is 21.5. The molecule has 32 heavy (non-hydrogen) atoms. The summed E-state index contributed by atoms with van der Waals surface area (Å²) in [4.78, 5) is 21.6. The van der Waals surface area contributed by atoms with E-state index in [2.05, 4.69) is 36.1 Å². The highest BCUT2D eigenvalue weighted by Gasteiger charge is 2.27. The number of aryl methyl sites for hydroxylation is 2. The van der Waals surface area contributed by atoms with Gasteiger partial charge in [0.05, 0.1) is 5.69 Å². The van der Waals surface area contributed by atoms with Crippen LogP contribution in [0.3, 0.4) is 0 Å². The zero-order valence-corrected chi connectivity index (χ0v) is 21.5. The lowest BCUT2D eigenvalue weighted by Crippen LogP contribution is -2.48. The Morgan fingerprint density at radius 3 is 2.41 bits per heavy atom. The van der Waals surface area contributed by atoms with Crippen LogP contribution in [-0.2, 0) is 18.2 Å². The summed E-state index contributed by atoms with van der Waals surface area (Å²) >= 11 is 0. The molecule has 1 aliphatic heterocycles. The van der Waals surface area contributed by atoms with Crippen LogP contribution in [-0.4, -0.2) is 76.5 Å². The lowest BCUT2D eigenvalue weighted by molar-refractivity contribution is 0.0214. The fourth-order valence-electron chi connectivity index (χ4n) is 4.18. The average molecular weight is 449 g/mol. The first-order valence-corrected chi connectivity index (χ1v) is 12.1. The van der Waals surface area contributed by atoms with Gasteiger partial charge in [0.15, 0.2) is 5.96 Å². The summed E-state index contributed by atoms with van der Waals surface area (Å²) in [7, 11) is 1.99. The number of aliphatic imine (C=N–C) groups is 1. The Morgan fingerprint density at radius 1 is 1.25 bits per heavy atom. The van der Waals surface area contributed by atoms with Gasteiger partial charge in [0.25, 0.3) is 0 Å². The fourth-order valence-corrected chi connectivity index (χ4v) is 4.18. The van der Waals surface area contributed by atoms with Crippen molar-refractivity contribution in [3.05, 3.63) is 17.0 Å². The maximum atomic E-state index is 12.5. The first kappa shape index (κ1) is 26.0. The van der Waals surface area contributed by atoms with Crippen molar-refractivity contribution in [1.29, 1.82) is 0 Å². The third kappa shape index (κ3) is 7.41. The van der Waals surface area contributed by atoms with Crippen molar-refractivity contribution in [1.82, 2.24) is 24.9 Å². The number of rotatable bonds is 7. The van der Waals surface area contributed by atoms with Crippen molar-refractivity contribution in [2.24, 2.45) is 18.0 Å². The summed E-state index contributed by atoms with van der Waals surface area (Å²) in [6.07, 6.45) is 2.78. The Hall–Kier alpha value is -2.25. The van der Waals surface area contributed by atoms with Gasteiger partial charge in [-0.3, -0.25) is 9.67 Å². The molecule has 0 atom stereocenters. The van der Waals surface area contributed by atoms with E-state index in [1.807, 2.05) is 44.3 Å². The van der Waals surface area contributed by atoms with E-state index in [-0.39, 0.29) is 6.09 Å². The normalized spacial score (nSPS) is 15.8. The number of hydrogen-bond acceptors (Lipinski definition) is 4. The van der Waals surface area contributed by atoms with E-state index in [9.17, 15) is 4.79 Å². The minimum absolute atomic E-state index is 0.210. The standard InChI is InChI=1S/C24H44N6O2/c1-9-25-22(26-14-11-21-18(3)27-28(8)19(21)4)30-15-12-20(13-16-30)17-29(10-2)23(31)32-24(5,6)7/h20H,9-17H2,1-8H3,(H,25,26). The molecule has 182 valence electrons. The molecule has 1 fully saturated rings. The molecular weight excluding hydrogens is 404 g/mol. The number of guanidine groups is 1. The van der Waals surface area contributed by atoms with Gasteiger partial charge < -0.3 is 19.9 Å². The molecule has 1 aliphatic rings. The Morgan fingerprint density at radius 2 is 1.91 bits per heavy atom. The largest absolute Gasteiger partial charge is 0.444 e. The van der Waals surface area contributed by atoms with E-state index < -0.39 is 5.60 Å². The van der Waals surface area contributed by atoms with Crippen LogP contribution in [0.2, 0.25) is 0 Å². The number of carbonyl (C=O) groups excluding carboxylic acids is 1. The smallest absolute Gasteiger partial charge is 0.410 e. The van der Waals surface area contributed by atoms with Crippen LogP contribution in [0.15, 0.2) is 4.99 Å². The molecule has 2 heterocycles. The van der Waals surface area contributed by atoms with Crippen molar-refractivity contribution in [2.45, 2.75) is 73.3 Å². The maximum Gasteiger partial charge on any atom is 0.410 e. The number of piperidine rings is 1. The van der Waals surface area contributed by atoms with Crippen molar-refractivity contribution in [3.63, 3.8) is 0 Å². The highest BCUT2D eigenvalue weighted by atomic mass is 16.6. The van der Waals surface area contributed by atoms with Crippen LogP contribution in [0.1, 0.15) is 64.4 Å². The minimum Gasteiger partial charge on any atom is -0.444 e. The zero-order chi connectivity index (χ0) is 23.9. The summed E-state index contributed by atoms with van der Waals surface area (Å²) in [6.45, 7) is 19.0. The molecule has 0 saturated carbocycles. The minimum atomic E-state index is -0.460. The quantitative estimate of drug-likeness (QED) is 0.510. The van der Waals surface area contributed by atoms with E-state index in [1.165, 1.54) is 11.3 Å². The Labute approximate surface area is 194 Å². The van der Waals surface area contributed by atoms with Gasteiger partial charge >= 0.3 is 6.09 Å². The van der Waals surface area contributed by atoms with Crippen molar-refractivity contribution in [2.75, 3.05) is 39.3 Å². The van der Waals surface area contributed by atoms with Gasteiger partial charge in [0, 0.05) is 52.0 Å². The van der Waals surface area contributed by atoms with Gasteiger partial charge in [-0.1, -0.05) is 0 Å². The topological polar surface area (TPSA) is 75.0 Å². The molecule has 0 aliphatic carbocycles. The van der Waals surface area contributed by atoms with E-state index in [0.29, 0.717) is 12.5 Å². The highest BCUT2D eigenvalue weighted by molar-refractivity contribution is 5.80. The van der Waals surface area contributed by atoms with E-state index in [4.69, 9.17) is 9.73 Å². The fraction of sp³-hybridized carbons (Fsp3) is 0.792. The predicted molar refractivity (Wildman–Crippen MR) is 130 cm³/mol. The summed E-state index contributed by atoms with van der Waals surface area (Å²) < 4.78 is 7.51. The SMILES string of the molecule is CCNC(=NCCc1c(C)nn(C)c1C)N1CCC(CN(CC)C(=O)OC(C)(C)C)CC1. The maximum absolute atomic E-state index is 12.5. The third-order valence-electron chi connectivity index (χ3n) is 6.04. The van der Waals surface area contributed by atoms with Crippen LogP contribution in [0.25, 0.3) is 0 Å². The second-order valence-corrected chi connectivity index (χ2v) is 9.71. The summed E-state index contributed by atoms with van der Waals surface area (Å²) in [5.41, 5.74) is 3.15. The molecule has 0 aromatic carbocycles. The average Bonchev–Trinajstić information content (AvgIpc) is 2.96. The Balaban J connectivity index is 1.90. The molecule has 1 N–H and O–H groups in total. The molecule has 1 saturated heterocycles. The molecule has 1 aromatic rings. The Bertz CT molecular complexity index is 772. The number of amides is 1. The molecule has 2 rings (SSSR count). The number of aromatic nitrogens is 2. The molecule has 0 radical (unpaired) electrons. The van der Waals surface area contributed by atoms with E-state index in [0.717, 1.165) is 63.6 Å². The second kappa shape index (κ2) is 11.6. The second-order valence-electron chi connectivity index (χ2n) is 9.71. The molecule has 8 nitrogen and oxygen atoms in total. The van der Waals surface area contributed by atoms with Gasteiger partial charge in [-0.2, -0.15) is 5.10 Å². The molecule has 8 heteroatoms. The first-order chi connectivity index (χ1) is 15.1. The molecule has 1 aromatic heterocycles. The number of likely N-dealkylation sites (tertiary alicyclic amines) is 1. The van der Waals surface area contributed by atoms with Crippen LogP contribution < -0.4 is 5.32 Å². The number of ether oxygens (including phenoxy) is 1. The lowest BCUT2D eigenvalue weighted by atomic mass is 9.96. The highest BCUT2D eigenvalue weighted by Crippen LogP contribution is 2.20. The molecule has 1 amide bonds. The molecular formula is C24H44N6O2. The molecule has 0 spiro atoms. The van der Waals surface area contributed by atoms with Crippen molar-refractivity contribution in [3.8, 4) is 0 Å².